The molecule has 1 aromatic rings. The van der Waals surface area contributed by atoms with Crippen molar-refractivity contribution in [1.82, 2.24) is 0 Å². The van der Waals surface area contributed by atoms with Gasteiger partial charge in [0.05, 0.1) is 18.1 Å². The lowest BCUT2D eigenvalue weighted by Gasteiger charge is -2.25. The van der Waals surface area contributed by atoms with E-state index in [0.717, 1.165) is 12.1 Å². The highest BCUT2D eigenvalue weighted by Gasteiger charge is 2.85. The average Bonchev–Trinajstić information content (AvgIpc) is 3.25. The van der Waals surface area contributed by atoms with Crippen LogP contribution >= 0.6 is 7.60 Å². The molecular formula is C13H15F3NO6P. The molecule has 2 rings (SSSR count). The Hall–Kier alpha value is -1.48. The van der Waals surface area contributed by atoms with Crippen LogP contribution in [-0.2, 0) is 18.3 Å². The summed E-state index contributed by atoms with van der Waals surface area (Å²) in [4.78, 5) is 10.1. The average molecular weight is 369 g/mol. The summed E-state index contributed by atoms with van der Waals surface area (Å²) in [6.07, 6.45) is -6.76. The molecule has 1 saturated heterocycles. The van der Waals surface area contributed by atoms with Crippen molar-refractivity contribution >= 4 is 13.3 Å². The number of hydrogen-bond donors (Lipinski definition) is 0. The van der Waals surface area contributed by atoms with Crippen molar-refractivity contribution < 1.29 is 36.4 Å². The first kappa shape index (κ1) is 18.9. The van der Waals surface area contributed by atoms with Crippen molar-refractivity contribution in [3.05, 3.63) is 39.9 Å². The molecule has 0 amide bonds. The molecule has 0 spiro atoms. The SMILES string of the molecule is CCOP(=O)(OCC)[C@@]1(C(F)(F)F)O[C@H]1c1cccc([N+](=O)[O-])c1. The predicted molar refractivity (Wildman–Crippen MR) is 76.6 cm³/mol. The lowest BCUT2D eigenvalue weighted by molar-refractivity contribution is -0.384. The maximum absolute atomic E-state index is 13.6. The van der Waals surface area contributed by atoms with E-state index >= 15 is 0 Å². The molecule has 11 heteroatoms. The predicted octanol–water partition coefficient (Wildman–Crippen LogP) is 4.19. The van der Waals surface area contributed by atoms with Gasteiger partial charge in [-0.05, 0) is 19.4 Å². The monoisotopic (exact) mass is 369 g/mol. The van der Waals surface area contributed by atoms with E-state index in [-0.39, 0.29) is 18.8 Å². The van der Waals surface area contributed by atoms with E-state index in [2.05, 4.69) is 0 Å². The minimum atomic E-state index is -5.05. The van der Waals surface area contributed by atoms with Crippen LogP contribution in [0, 0.1) is 10.1 Å². The number of nitrogens with zero attached hydrogens (tertiary/aromatic N) is 1. The van der Waals surface area contributed by atoms with E-state index in [1.165, 1.54) is 26.0 Å². The van der Waals surface area contributed by atoms with Crippen LogP contribution in [0.15, 0.2) is 24.3 Å². The van der Waals surface area contributed by atoms with E-state index in [9.17, 15) is 27.9 Å². The number of nitro benzene ring substituents is 1. The fourth-order valence-corrected chi connectivity index (χ4v) is 4.51. The molecule has 1 aliphatic heterocycles. The van der Waals surface area contributed by atoms with Crippen molar-refractivity contribution in [2.75, 3.05) is 13.2 Å². The Morgan fingerprint density at radius 1 is 1.33 bits per heavy atom. The van der Waals surface area contributed by atoms with Crippen molar-refractivity contribution in [1.29, 1.82) is 0 Å². The van der Waals surface area contributed by atoms with Crippen LogP contribution < -0.4 is 0 Å². The molecule has 134 valence electrons. The van der Waals surface area contributed by atoms with E-state index < -0.39 is 35.8 Å². The second-order valence-electron chi connectivity index (χ2n) is 4.88. The van der Waals surface area contributed by atoms with Gasteiger partial charge in [-0.15, -0.1) is 0 Å². The van der Waals surface area contributed by atoms with Gasteiger partial charge < -0.3 is 13.8 Å². The van der Waals surface area contributed by atoms with E-state index in [4.69, 9.17) is 13.8 Å². The molecule has 2 atom stereocenters. The third-order valence-corrected chi connectivity index (χ3v) is 5.99. The number of nitro groups is 1. The molecule has 0 unspecified atom stereocenters. The maximum Gasteiger partial charge on any atom is 0.432 e. The summed E-state index contributed by atoms with van der Waals surface area (Å²) in [7, 11) is -4.71. The second kappa shape index (κ2) is 6.44. The third-order valence-electron chi connectivity index (χ3n) is 3.39. The number of alkyl halides is 3. The zero-order valence-corrected chi connectivity index (χ0v) is 13.7. The van der Waals surface area contributed by atoms with Crippen molar-refractivity contribution in [2.45, 2.75) is 31.5 Å². The summed E-state index contributed by atoms with van der Waals surface area (Å²) in [5, 5.41) is 7.63. The summed E-state index contributed by atoms with van der Waals surface area (Å²) in [6, 6.07) is 4.53. The fraction of sp³-hybridized carbons (Fsp3) is 0.538. The first-order valence-corrected chi connectivity index (χ1v) is 8.55. The number of halogens is 3. The molecule has 1 fully saturated rings. The van der Waals surface area contributed by atoms with Gasteiger partial charge in [-0.2, -0.15) is 13.2 Å². The van der Waals surface area contributed by atoms with Crippen molar-refractivity contribution in [2.24, 2.45) is 0 Å². The van der Waals surface area contributed by atoms with Crippen LogP contribution in [0.2, 0.25) is 0 Å². The summed E-state index contributed by atoms with van der Waals surface area (Å²) in [6.45, 7) is 2.20. The minimum Gasteiger partial charge on any atom is -0.340 e. The molecule has 0 saturated carbocycles. The Labute approximate surface area is 135 Å². The second-order valence-corrected chi connectivity index (χ2v) is 7.05. The van der Waals surface area contributed by atoms with E-state index in [0.29, 0.717) is 0 Å². The molecule has 7 nitrogen and oxygen atoms in total. The first-order chi connectivity index (χ1) is 11.1. The first-order valence-electron chi connectivity index (χ1n) is 7.01. The molecule has 0 aliphatic carbocycles. The van der Waals surface area contributed by atoms with Crippen LogP contribution in [0.1, 0.15) is 25.5 Å². The largest absolute Gasteiger partial charge is 0.432 e. The van der Waals surface area contributed by atoms with Gasteiger partial charge in [0.1, 0.15) is 6.10 Å². The smallest absolute Gasteiger partial charge is 0.340 e. The standard InChI is InChI=1S/C13H15F3NO6P/c1-3-21-24(20,22-4-2)12(13(14,15)16)11(23-12)9-6-5-7-10(8-9)17(18)19/h5-8,11H,3-4H2,1-2H3/t11-,12-/m0/s1. The number of epoxide rings is 1. The lowest BCUT2D eigenvalue weighted by atomic mass is 10.1. The minimum absolute atomic E-state index is 0.124. The summed E-state index contributed by atoms with van der Waals surface area (Å²) < 4.78 is 68.1. The van der Waals surface area contributed by atoms with Gasteiger partial charge in [0.25, 0.3) is 11.0 Å². The number of rotatable bonds is 7. The molecule has 0 aromatic heterocycles. The molecule has 1 aliphatic rings. The topological polar surface area (TPSA) is 91.2 Å². The highest BCUT2D eigenvalue weighted by atomic mass is 31.2. The Kier molecular flexibility index (Phi) is 5.06. The Morgan fingerprint density at radius 2 is 1.92 bits per heavy atom. The number of benzene rings is 1. The van der Waals surface area contributed by atoms with Crippen LogP contribution in [0.3, 0.4) is 0 Å². The zero-order valence-electron chi connectivity index (χ0n) is 12.8. The lowest BCUT2D eigenvalue weighted by Crippen LogP contribution is -2.35. The maximum atomic E-state index is 13.6. The summed E-state index contributed by atoms with van der Waals surface area (Å²) >= 11 is 0. The summed E-state index contributed by atoms with van der Waals surface area (Å²) in [5.41, 5.74) is -0.525. The normalized spacial score (nSPS) is 24.0. The Bertz CT molecular complexity index is 672. The van der Waals surface area contributed by atoms with Crippen LogP contribution in [0.5, 0.6) is 0 Å². The zero-order chi connectivity index (χ0) is 18.2. The Morgan fingerprint density at radius 3 is 2.38 bits per heavy atom. The quantitative estimate of drug-likeness (QED) is 0.310. The molecule has 1 aromatic carbocycles. The highest BCUT2D eigenvalue weighted by molar-refractivity contribution is 7.56. The van der Waals surface area contributed by atoms with Gasteiger partial charge in [-0.1, -0.05) is 12.1 Å². The van der Waals surface area contributed by atoms with Gasteiger partial charge in [0.2, 0.25) is 0 Å². The number of hydrogen-bond acceptors (Lipinski definition) is 6. The molecule has 1 heterocycles. The number of non-ortho nitro benzene ring substituents is 1. The van der Waals surface area contributed by atoms with Crippen LogP contribution in [0.25, 0.3) is 0 Å². The molecule has 0 bridgehead atoms. The molecular weight excluding hydrogens is 354 g/mol. The third kappa shape index (κ3) is 2.95. The van der Waals surface area contributed by atoms with Gasteiger partial charge >= 0.3 is 13.8 Å². The summed E-state index contributed by atoms with van der Waals surface area (Å²) in [5.74, 6) is 0. The van der Waals surface area contributed by atoms with Gasteiger partial charge in [-0.25, -0.2) is 0 Å². The van der Waals surface area contributed by atoms with Crippen LogP contribution in [-0.4, -0.2) is 29.7 Å². The van der Waals surface area contributed by atoms with Gasteiger partial charge in [0, 0.05) is 12.1 Å². The molecule has 24 heavy (non-hydrogen) atoms. The number of ether oxygens (including phenoxy) is 1. The molecule has 0 radical (unpaired) electrons. The van der Waals surface area contributed by atoms with Gasteiger partial charge in [0.15, 0.2) is 0 Å². The molecule has 0 N–H and O–H groups in total. The van der Waals surface area contributed by atoms with Crippen molar-refractivity contribution in [3.8, 4) is 0 Å². The fourth-order valence-electron chi connectivity index (χ4n) is 2.39. The van der Waals surface area contributed by atoms with Gasteiger partial charge in [-0.3, -0.25) is 14.7 Å². The van der Waals surface area contributed by atoms with E-state index in [1.807, 2.05) is 0 Å². The van der Waals surface area contributed by atoms with Crippen LogP contribution in [0.4, 0.5) is 18.9 Å². The van der Waals surface area contributed by atoms with Crippen molar-refractivity contribution in [3.63, 3.8) is 0 Å². The Balaban J connectivity index is 2.49. The van der Waals surface area contributed by atoms with E-state index in [1.54, 1.807) is 0 Å². The highest BCUT2D eigenvalue weighted by Crippen LogP contribution is 2.79.